The highest BCUT2D eigenvalue weighted by Gasteiger charge is 2.46. The van der Waals surface area contributed by atoms with E-state index in [2.05, 4.69) is 4.90 Å². The molecule has 1 aliphatic heterocycles. The van der Waals surface area contributed by atoms with Gasteiger partial charge >= 0.3 is 0 Å². The number of carbonyl (C=O) groups excluding carboxylic acids is 2. The zero-order chi connectivity index (χ0) is 23.4. The van der Waals surface area contributed by atoms with Crippen molar-refractivity contribution < 1.29 is 24.5 Å². The van der Waals surface area contributed by atoms with Crippen LogP contribution in [0.25, 0.3) is 5.76 Å². The third kappa shape index (κ3) is 4.48. The number of carbonyl (C=O) groups is 2. The molecule has 2 aromatic carbocycles. The van der Waals surface area contributed by atoms with Crippen LogP contribution in [0, 0.1) is 6.92 Å². The van der Waals surface area contributed by atoms with Gasteiger partial charge in [0.05, 0.1) is 24.3 Å². The molecular formula is C25H30N2O5. The first-order chi connectivity index (χ1) is 15.3. The lowest BCUT2D eigenvalue weighted by Gasteiger charge is -2.28. The van der Waals surface area contributed by atoms with Crippen molar-refractivity contribution in [3.63, 3.8) is 0 Å². The highest BCUT2D eigenvalue weighted by molar-refractivity contribution is 6.46. The van der Waals surface area contributed by atoms with E-state index in [1.54, 1.807) is 43.5 Å². The Labute approximate surface area is 188 Å². The summed E-state index contributed by atoms with van der Waals surface area (Å²) in [4.78, 5) is 29.8. The number of likely N-dealkylation sites (N-methyl/N-ethyl adjacent to an activating group) is 1. The van der Waals surface area contributed by atoms with E-state index in [1.165, 1.54) is 11.0 Å². The largest absolute Gasteiger partial charge is 0.507 e. The Morgan fingerprint density at radius 3 is 2.34 bits per heavy atom. The molecule has 1 aliphatic rings. The Morgan fingerprint density at radius 2 is 1.75 bits per heavy atom. The summed E-state index contributed by atoms with van der Waals surface area (Å²) in [5, 5.41) is 21.4. The molecular weight excluding hydrogens is 408 g/mol. The van der Waals surface area contributed by atoms with Crippen LogP contribution in [0.2, 0.25) is 0 Å². The van der Waals surface area contributed by atoms with Crippen molar-refractivity contribution in [1.82, 2.24) is 9.80 Å². The number of benzene rings is 2. The number of Topliss-reactive ketones (excluding diaryl/α,β-unsaturated/α-hetero) is 1. The van der Waals surface area contributed by atoms with Crippen molar-refractivity contribution in [3.8, 4) is 11.5 Å². The number of aryl methyl sites for hydroxylation is 1. The average Bonchev–Trinajstić information content (AvgIpc) is 3.05. The summed E-state index contributed by atoms with van der Waals surface area (Å²) < 4.78 is 5.23. The molecule has 2 N–H and O–H groups in total. The van der Waals surface area contributed by atoms with E-state index in [9.17, 15) is 19.8 Å². The predicted octanol–water partition coefficient (Wildman–Crippen LogP) is 3.47. The number of likely N-dealkylation sites (tertiary alicyclic amines) is 1. The van der Waals surface area contributed by atoms with Crippen LogP contribution >= 0.6 is 0 Å². The van der Waals surface area contributed by atoms with Crippen molar-refractivity contribution in [2.24, 2.45) is 0 Å². The van der Waals surface area contributed by atoms with Gasteiger partial charge < -0.3 is 24.7 Å². The Hall–Kier alpha value is -3.32. The van der Waals surface area contributed by atoms with Crippen LogP contribution in [0.4, 0.5) is 0 Å². The number of amides is 1. The van der Waals surface area contributed by atoms with E-state index in [4.69, 9.17) is 4.74 Å². The number of aromatic hydroxyl groups is 1. The number of rotatable bonds is 8. The zero-order valence-corrected chi connectivity index (χ0v) is 19.0. The molecule has 1 heterocycles. The Bertz CT molecular complexity index is 1030. The smallest absolute Gasteiger partial charge is 0.295 e. The van der Waals surface area contributed by atoms with E-state index in [0.717, 1.165) is 18.7 Å². The van der Waals surface area contributed by atoms with E-state index < -0.39 is 17.7 Å². The molecule has 1 fully saturated rings. The topological polar surface area (TPSA) is 90.3 Å². The fourth-order valence-electron chi connectivity index (χ4n) is 4.02. The number of hydrogen-bond donors (Lipinski definition) is 2. The van der Waals surface area contributed by atoms with Crippen LogP contribution in [0.3, 0.4) is 0 Å². The van der Waals surface area contributed by atoms with Crippen LogP contribution < -0.4 is 4.74 Å². The summed E-state index contributed by atoms with van der Waals surface area (Å²) in [5.74, 6) is -1.31. The third-order valence-electron chi connectivity index (χ3n) is 5.93. The lowest BCUT2D eigenvalue weighted by molar-refractivity contribution is -0.140. The van der Waals surface area contributed by atoms with Crippen LogP contribution in [-0.2, 0) is 9.59 Å². The maximum atomic E-state index is 13.1. The second-order valence-corrected chi connectivity index (χ2v) is 7.81. The third-order valence-corrected chi connectivity index (χ3v) is 5.93. The van der Waals surface area contributed by atoms with Gasteiger partial charge in [0.2, 0.25) is 0 Å². The van der Waals surface area contributed by atoms with Crippen molar-refractivity contribution in [3.05, 3.63) is 64.7 Å². The van der Waals surface area contributed by atoms with Gasteiger partial charge in [-0.05, 0) is 49.8 Å². The van der Waals surface area contributed by atoms with Crippen molar-refractivity contribution in [2.75, 3.05) is 33.3 Å². The molecule has 2 aromatic rings. The minimum absolute atomic E-state index is 0.0272. The minimum Gasteiger partial charge on any atom is -0.507 e. The van der Waals surface area contributed by atoms with Gasteiger partial charge in [-0.1, -0.05) is 37.6 Å². The van der Waals surface area contributed by atoms with E-state index in [-0.39, 0.29) is 22.6 Å². The number of ether oxygens (including phenoxy) is 1. The molecule has 1 atom stereocenters. The molecule has 7 nitrogen and oxygen atoms in total. The van der Waals surface area contributed by atoms with Gasteiger partial charge in [-0.25, -0.2) is 0 Å². The standard InChI is InChI=1S/C25H30N2O5/c1-5-26(6-2)13-14-27-22(17-8-10-18(32-4)11-9-17)21(24(30)25(27)31)23(29)19-15-16(3)7-12-20(19)28/h7-12,15,22,28-29H,5-6,13-14H2,1-4H3. The fraction of sp³-hybridized carbons (Fsp3) is 0.360. The molecule has 1 amide bonds. The van der Waals surface area contributed by atoms with Gasteiger partial charge in [-0.15, -0.1) is 0 Å². The van der Waals surface area contributed by atoms with Gasteiger partial charge in [0.1, 0.15) is 17.3 Å². The maximum Gasteiger partial charge on any atom is 0.295 e. The number of hydrogen-bond acceptors (Lipinski definition) is 6. The highest BCUT2D eigenvalue weighted by Crippen LogP contribution is 2.41. The van der Waals surface area contributed by atoms with Crippen LogP contribution in [0.15, 0.2) is 48.0 Å². The van der Waals surface area contributed by atoms with Crippen LogP contribution in [0.5, 0.6) is 11.5 Å². The van der Waals surface area contributed by atoms with Gasteiger partial charge in [0.25, 0.3) is 11.7 Å². The molecule has 0 spiro atoms. The van der Waals surface area contributed by atoms with Crippen LogP contribution in [-0.4, -0.2) is 65.0 Å². The molecule has 0 aliphatic carbocycles. The summed E-state index contributed by atoms with van der Waals surface area (Å²) in [6.45, 7) is 8.48. The Morgan fingerprint density at radius 1 is 1.09 bits per heavy atom. The zero-order valence-electron chi connectivity index (χ0n) is 19.0. The summed E-state index contributed by atoms with van der Waals surface area (Å²) in [7, 11) is 1.56. The molecule has 0 radical (unpaired) electrons. The monoisotopic (exact) mass is 438 g/mol. The first-order valence-corrected chi connectivity index (χ1v) is 10.8. The quantitative estimate of drug-likeness (QED) is 0.373. The first-order valence-electron chi connectivity index (χ1n) is 10.8. The summed E-state index contributed by atoms with van der Waals surface area (Å²) >= 11 is 0. The molecule has 0 aromatic heterocycles. The lowest BCUT2D eigenvalue weighted by atomic mass is 9.94. The number of aliphatic hydroxyl groups is 1. The minimum atomic E-state index is -0.767. The van der Waals surface area contributed by atoms with Gasteiger partial charge in [0, 0.05) is 13.1 Å². The second kappa shape index (κ2) is 9.87. The molecule has 3 rings (SSSR count). The number of aliphatic hydroxyl groups excluding tert-OH is 1. The molecule has 32 heavy (non-hydrogen) atoms. The summed E-state index contributed by atoms with van der Waals surface area (Å²) in [6.07, 6.45) is 0. The fourth-order valence-corrected chi connectivity index (χ4v) is 4.02. The first kappa shape index (κ1) is 23.3. The van der Waals surface area contributed by atoms with Crippen molar-refractivity contribution in [1.29, 1.82) is 0 Å². The highest BCUT2D eigenvalue weighted by atomic mass is 16.5. The van der Waals surface area contributed by atoms with Gasteiger partial charge in [0.15, 0.2) is 0 Å². The number of nitrogens with zero attached hydrogens (tertiary/aromatic N) is 2. The molecule has 0 saturated carbocycles. The van der Waals surface area contributed by atoms with Gasteiger partial charge in [-0.3, -0.25) is 9.59 Å². The van der Waals surface area contributed by atoms with Crippen molar-refractivity contribution >= 4 is 17.4 Å². The van der Waals surface area contributed by atoms with E-state index >= 15 is 0 Å². The average molecular weight is 439 g/mol. The van der Waals surface area contributed by atoms with Crippen molar-refractivity contribution in [2.45, 2.75) is 26.8 Å². The molecule has 170 valence electrons. The Kier molecular flexibility index (Phi) is 7.20. The maximum absolute atomic E-state index is 13.1. The number of phenols is 1. The van der Waals surface area contributed by atoms with E-state index in [1.807, 2.05) is 20.8 Å². The summed E-state index contributed by atoms with van der Waals surface area (Å²) in [5.41, 5.74) is 1.59. The molecule has 1 unspecified atom stereocenters. The predicted molar refractivity (Wildman–Crippen MR) is 123 cm³/mol. The SMILES string of the molecule is CCN(CC)CCN1C(=O)C(=O)C(=C(O)c2cc(C)ccc2O)C1c1ccc(OC)cc1. The summed E-state index contributed by atoms with van der Waals surface area (Å²) in [6, 6.07) is 11.1. The molecule has 0 bridgehead atoms. The number of methoxy groups -OCH3 is 1. The Balaban J connectivity index is 2.13. The normalized spacial score (nSPS) is 17.9. The number of ketones is 1. The van der Waals surface area contributed by atoms with E-state index in [0.29, 0.717) is 24.4 Å². The van der Waals surface area contributed by atoms with Gasteiger partial charge in [-0.2, -0.15) is 0 Å². The molecule has 1 saturated heterocycles. The molecule has 7 heteroatoms. The number of phenolic OH excluding ortho intramolecular Hbond substituents is 1. The van der Waals surface area contributed by atoms with Crippen LogP contribution in [0.1, 0.15) is 36.6 Å². The second-order valence-electron chi connectivity index (χ2n) is 7.81. The lowest BCUT2D eigenvalue weighted by Crippen LogP contribution is -2.38.